The fourth-order valence-electron chi connectivity index (χ4n) is 9.03. The zero-order valence-electron chi connectivity index (χ0n) is 18.5. The van der Waals surface area contributed by atoms with Gasteiger partial charge >= 0.3 is 11.9 Å². The number of ketones is 1. The molecule has 5 rings (SSSR count). The Morgan fingerprint density at radius 1 is 0.839 bits per heavy atom. The number of carbonyl (C=O) groups excluding carboxylic acids is 1. The lowest BCUT2D eigenvalue weighted by atomic mass is 9.48. The van der Waals surface area contributed by atoms with Crippen molar-refractivity contribution in [2.24, 2.45) is 59.2 Å². The molecule has 0 aromatic carbocycles. The number of hydrogen-bond donors (Lipinski definition) is 2. The molecule has 0 aromatic heterocycles. The first-order valence-electron chi connectivity index (χ1n) is 12.6. The highest BCUT2D eigenvalue weighted by atomic mass is 16.4. The third-order valence-corrected chi connectivity index (χ3v) is 10.1. The van der Waals surface area contributed by atoms with Crippen LogP contribution in [0, 0.1) is 59.2 Å². The summed E-state index contributed by atoms with van der Waals surface area (Å²) in [5, 5.41) is 19.6. The van der Waals surface area contributed by atoms with E-state index in [1.165, 1.54) is 5.57 Å². The minimum absolute atomic E-state index is 0.00913. The minimum atomic E-state index is -0.680. The average Bonchev–Trinajstić information content (AvgIpc) is 2.76. The Morgan fingerprint density at radius 2 is 1.55 bits per heavy atom. The molecule has 5 nitrogen and oxygen atoms in total. The van der Waals surface area contributed by atoms with Crippen LogP contribution >= 0.6 is 0 Å². The number of carboxylic acid groups (broad SMARTS) is 2. The van der Waals surface area contributed by atoms with Crippen LogP contribution in [0.4, 0.5) is 0 Å². The molecule has 0 aromatic rings. The van der Waals surface area contributed by atoms with Crippen molar-refractivity contribution in [3.05, 3.63) is 11.6 Å². The number of allylic oxidation sites excluding steroid dienone is 2. The van der Waals surface area contributed by atoms with Crippen molar-refractivity contribution in [1.29, 1.82) is 0 Å². The molecular formula is C26H36O5. The topological polar surface area (TPSA) is 91.7 Å². The van der Waals surface area contributed by atoms with Gasteiger partial charge in [-0.3, -0.25) is 14.4 Å². The highest BCUT2D eigenvalue weighted by Gasteiger charge is 2.56. The Labute approximate surface area is 184 Å². The number of carbonyl (C=O) groups is 3. The van der Waals surface area contributed by atoms with E-state index in [4.69, 9.17) is 0 Å². The molecule has 0 bridgehead atoms. The molecule has 0 spiro atoms. The lowest BCUT2D eigenvalue weighted by molar-refractivity contribution is -0.152. The summed E-state index contributed by atoms with van der Waals surface area (Å²) in [4.78, 5) is 37.4. The van der Waals surface area contributed by atoms with Crippen molar-refractivity contribution >= 4 is 17.7 Å². The summed E-state index contributed by atoms with van der Waals surface area (Å²) < 4.78 is 0. The Kier molecular flexibility index (Phi) is 5.50. The maximum absolute atomic E-state index is 13.6. The van der Waals surface area contributed by atoms with Crippen LogP contribution in [0.5, 0.6) is 0 Å². The normalized spacial score (nSPS) is 46.6. The van der Waals surface area contributed by atoms with Gasteiger partial charge in [-0.2, -0.15) is 0 Å². The molecule has 5 aliphatic rings. The number of fused-ring (bicyclic) bond motifs is 7. The van der Waals surface area contributed by atoms with Crippen molar-refractivity contribution in [3.8, 4) is 0 Å². The Hall–Kier alpha value is -1.65. The summed E-state index contributed by atoms with van der Waals surface area (Å²) in [6.07, 6.45) is 11.4. The largest absolute Gasteiger partial charge is 0.481 e. The van der Waals surface area contributed by atoms with Crippen molar-refractivity contribution < 1.29 is 24.6 Å². The number of hydrogen-bond acceptors (Lipinski definition) is 3. The van der Waals surface area contributed by atoms with Crippen LogP contribution in [0.2, 0.25) is 0 Å². The van der Waals surface area contributed by atoms with Crippen LogP contribution in [0.25, 0.3) is 0 Å². The van der Waals surface area contributed by atoms with E-state index >= 15 is 0 Å². The van der Waals surface area contributed by atoms with Crippen molar-refractivity contribution in [2.45, 2.75) is 71.1 Å². The second-order valence-corrected chi connectivity index (χ2v) is 11.1. The van der Waals surface area contributed by atoms with Gasteiger partial charge in [-0.05, 0) is 98.9 Å². The lowest BCUT2D eigenvalue weighted by Gasteiger charge is -2.56. The van der Waals surface area contributed by atoms with E-state index in [0.29, 0.717) is 17.8 Å². The van der Waals surface area contributed by atoms with Crippen LogP contribution in [0.15, 0.2) is 11.6 Å². The lowest BCUT2D eigenvalue weighted by Crippen LogP contribution is -2.52. The third kappa shape index (κ3) is 3.29. The SMILES string of the molecule is CCC1C(C(=O)O)CCC2CCC3C(=CC(=O)C4C3CCC3C(C(=O)O)CCCC34)C21. The molecule has 10 unspecified atom stereocenters. The predicted octanol–water partition coefficient (Wildman–Crippen LogP) is 4.80. The first-order valence-corrected chi connectivity index (χ1v) is 12.6. The van der Waals surface area contributed by atoms with Crippen molar-refractivity contribution in [1.82, 2.24) is 0 Å². The number of rotatable bonds is 3. The quantitative estimate of drug-likeness (QED) is 0.673. The van der Waals surface area contributed by atoms with Gasteiger partial charge in [0.1, 0.15) is 0 Å². The second-order valence-electron chi connectivity index (χ2n) is 11.1. The van der Waals surface area contributed by atoms with E-state index < -0.39 is 11.9 Å². The molecule has 0 heterocycles. The molecule has 0 aliphatic heterocycles. The van der Waals surface area contributed by atoms with Gasteiger partial charge in [-0.25, -0.2) is 0 Å². The zero-order valence-corrected chi connectivity index (χ0v) is 18.5. The summed E-state index contributed by atoms with van der Waals surface area (Å²) in [6.45, 7) is 2.11. The molecule has 5 heteroatoms. The van der Waals surface area contributed by atoms with E-state index in [0.717, 1.165) is 64.2 Å². The summed E-state index contributed by atoms with van der Waals surface area (Å²) in [5.41, 5.74) is 1.28. The van der Waals surface area contributed by atoms with Gasteiger partial charge in [-0.1, -0.05) is 25.3 Å². The van der Waals surface area contributed by atoms with Gasteiger partial charge in [0.05, 0.1) is 11.8 Å². The van der Waals surface area contributed by atoms with Gasteiger partial charge in [0.25, 0.3) is 0 Å². The zero-order chi connectivity index (χ0) is 21.9. The van der Waals surface area contributed by atoms with Crippen molar-refractivity contribution in [2.75, 3.05) is 0 Å². The van der Waals surface area contributed by atoms with Gasteiger partial charge < -0.3 is 10.2 Å². The summed E-state index contributed by atoms with van der Waals surface area (Å²) in [6, 6.07) is 0. The number of carboxylic acids is 2. The van der Waals surface area contributed by atoms with Crippen LogP contribution in [0.3, 0.4) is 0 Å². The highest BCUT2D eigenvalue weighted by molar-refractivity contribution is 5.94. The van der Waals surface area contributed by atoms with Crippen LogP contribution in [0.1, 0.15) is 71.1 Å². The molecule has 0 amide bonds. The van der Waals surface area contributed by atoms with E-state index in [1.54, 1.807) is 0 Å². The minimum Gasteiger partial charge on any atom is -0.481 e. The molecule has 5 aliphatic carbocycles. The number of aliphatic carboxylic acids is 2. The van der Waals surface area contributed by atoms with E-state index in [9.17, 15) is 24.6 Å². The molecule has 170 valence electrons. The molecule has 0 radical (unpaired) electrons. The smallest absolute Gasteiger partial charge is 0.306 e. The van der Waals surface area contributed by atoms with Crippen LogP contribution < -0.4 is 0 Å². The summed E-state index contributed by atoms with van der Waals surface area (Å²) in [5.74, 6) is 0.310. The first kappa shape index (κ1) is 21.2. The molecular weight excluding hydrogens is 392 g/mol. The van der Waals surface area contributed by atoms with Gasteiger partial charge in [0.15, 0.2) is 5.78 Å². The first-order chi connectivity index (χ1) is 14.9. The van der Waals surface area contributed by atoms with E-state index in [2.05, 4.69) is 6.92 Å². The van der Waals surface area contributed by atoms with Crippen LogP contribution in [-0.2, 0) is 14.4 Å². The summed E-state index contributed by atoms with van der Waals surface area (Å²) in [7, 11) is 0. The van der Waals surface area contributed by atoms with E-state index in [-0.39, 0.29) is 47.2 Å². The fraction of sp³-hybridized carbons (Fsp3) is 0.808. The van der Waals surface area contributed by atoms with Gasteiger partial charge in [0, 0.05) is 5.92 Å². The molecule has 31 heavy (non-hydrogen) atoms. The maximum atomic E-state index is 13.6. The molecule has 2 N–H and O–H groups in total. The molecule has 10 atom stereocenters. The Morgan fingerprint density at radius 3 is 2.26 bits per heavy atom. The molecule has 0 saturated heterocycles. The standard InChI is InChI=1S/C26H36O5/c1-2-14-20(26(30)31)9-7-13-6-8-16-18-11-10-15-17(4-3-5-19(15)25(28)29)24(18)22(27)12-21(16)23(13)14/h12-20,23-24H,2-11H2,1H3,(H,28,29)(H,30,31). The van der Waals surface area contributed by atoms with Crippen molar-refractivity contribution in [3.63, 3.8) is 0 Å². The molecule has 4 saturated carbocycles. The van der Waals surface area contributed by atoms with E-state index in [1.807, 2.05) is 6.08 Å². The van der Waals surface area contributed by atoms with Gasteiger partial charge in [0.2, 0.25) is 0 Å². The third-order valence-electron chi connectivity index (χ3n) is 10.1. The summed E-state index contributed by atoms with van der Waals surface area (Å²) >= 11 is 0. The average molecular weight is 429 g/mol. The van der Waals surface area contributed by atoms with Crippen LogP contribution in [-0.4, -0.2) is 27.9 Å². The Balaban J connectivity index is 1.48. The highest BCUT2D eigenvalue weighted by Crippen LogP contribution is 2.60. The fourth-order valence-corrected chi connectivity index (χ4v) is 9.03. The molecule has 4 fully saturated rings. The monoisotopic (exact) mass is 428 g/mol. The maximum Gasteiger partial charge on any atom is 0.306 e. The Bertz CT molecular complexity index is 800. The second kappa shape index (κ2) is 8.04. The predicted molar refractivity (Wildman–Crippen MR) is 115 cm³/mol. The van der Waals surface area contributed by atoms with Gasteiger partial charge in [-0.15, -0.1) is 0 Å².